The Hall–Kier alpha value is -2.04. The van der Waals surface area contributed by atoms with Gasteiger partial charge < -0.3 is 15.7 Å². The summed E-state index contributed by atoms with van der Waals surface area (Å²) in [6.45, 7) is 8.37. The Balaban J connectivity index is 1.48. The monoisotopic (exact) mass is 351 g/mol. The fourth-order valence-electron chi connectivity index (χ4n) is 4.76. The molecule has 138 valence electrons. The molecule has 1 aliphatic carbocycles. The maximum Gasteiger partial charge on any atom is 0.0739 e. The minimum absolute atomic E-state index is 0.173. The van der Waals surface area contributed by atoms with E-state index in [1.165, 1.54) is 27.9 Å². The summed E-state index contributed by atoms with van der Waals surface area (Å²) in [7, 11) is 0. The molecule has 1 heterocycles. The number of aliphatic hydroxyl groups excluding tert-OH is 1. The average Bonchev–Trinajstić information content (AvgIpc) is 2.62. The third kappa shape index (κ3) is 3.08. The quantitative estimate of drug-likeness (QED) is 0.817. The van der Waals surface area contributed by atoms with E-state index in [2.05, 4.69) is 47.9 Å². The second kappa shape index (κ2) is 6.93. The van der Waals surface area contributed by atoms with Gasteiger partial charge in [-0.3, -0.25) is 4.90 Å². The number of aryl methyl sites for hydroxylation is 2. The van der Waals surface area contributed by atoms with E-state index in [0.717, 1.165) is 38.3 Å². The van der Waals surface area contributed by atoms with Crippen molar-refractivity contribution < 1.29 is 5.11 Å². The van der Waals surface area contributed by atoms with Crippen LogP contribution in [0.5, 0.6) is 0 Å². The maximum atomic E-state index is 10.7. The number of nitrogen functional groups attached to an aromatic ring is 1. The predicted octanol–water partition coefficient (Wildman–Crippen LogP) is 2.54. The zero-order valence-corrected chi connectivity index (χ0v) is 15.8. The molecule has 2 atom stereocenters. The van der Waals surface area contributed by atoms with Crippen LogP contribution in [0.3, 0.4) is 0 Å². The summed E-state index contributed by atoms with van der Waals surface area (Å²) in [6, 6.07) is 12.8. The molecule has 4 nitrogen and oxygen atoms in total. The number of aliphatic hydroxyl groups is 1. The molecule has 3 N–H and O–H groups in total. The number of fused-ring (bicyclic) bond motifs is 1. The van der Waals surface area contributed by atoms with Crippen molar-refractivity contribution in [1.29, 1.82) is 0 Å². The topological polar surface area (TPSA) is 52.7 Å². The molecule has 1 saturated heterocycles. The average molecular weight is 351 g/mol. The molecule has 0 bridgehead atoms. The number of para-hydroxylation sites is 1. The van der Waals surface area contributed by atoms with Gasteiger partial charge in [-0.1, -0.05) is 30.3 Å². The number of nitrogens with two attached hydrogens (primary N) is 1. The molecule has 0 saturated carbocycles. The molecule has 2 aromatic carbocycles. The number of hydrogen-bond acceptors (Lipinski definition) is 4. The van der Waals surface area contributed by atoms with Crippen molar-refractivity contribution in [3.05, 3.63) is 58.7 Å². The highest BCUT2D eigenvalue weighted by Gasteiger charge is 2.34. The summed E-state index contributed by atoms with van der Waals surface area (Å²) in [5.41, 5.74) is 13.6. The summed E-state index contributed by atoms with van der Waals surface area (Å²) in [4.78, 5) is 4.96. The van der Waals surface area contributed by atoms with Crippen molar-refractivity contribution in [3.63, 3.8) is 0 Å². The molecule has 2 unspecified atom stereocenters. The molecular formula is C22H29N3O. The lowest BCUT2D eigenvalue weighted by atomic mass is 9.84. The highest BCUT2D eigenvalue weighted by atomic mass is 16.3. The van der Waals surface area contributed by atoms with Crippen molar-refractivity contribution in [2.45, 2.75) is 38.8 Å². The largest absolute Gasteiger partial charge is 0.398 e. The van der Waals surface area contributed by atoms with E-state index in [1.54, 1.807) is 0 Å². The Labute approximate surface area is 156 Å². The van der Waals surface area contributed by atoms with Gasteiger partial charge in [-0.25, -0.2) is 0 Å². The minimum atomic E-state index is -0.309. The minimum Gasteiger partial charge on any atom is -0.398 e. The zero-order chi connectivity index (χ0) is 18.3. The third-order valence-electron chi connectivity index (χ3n) is 6.13. The van der Waals surface area contributed by atoms with Gasteiger partial charge in [-0.2, -0.15) is 0 Å². The van der Waals surface area contributed by atoms with Crippen LogP contribution in [0, 0.1) is 13.8 Å². The molecule has 1 aliphatic heterocycles. The number of piperazine rings is 1. The second-order valence-electron chi connectivity index (χ2n) is 7.79. The van der Waals surface area contributed by atoms with Gasteiger partial charge in [0, 0.05) is 50.0 Å². The summed E-state index contributed by atoms with van der Waals surface area (Å²) in [5.74, 6) is 0. The van der Waals surface area contributed by atoms with Gasteiger partial charge in [-0.05, 0) is 48.6 Å². The van der Waals surface area contributed by atoms with Gasteiger partial charge >= 0.3 is 0 Å². The molecule has 2 aromatic rings. The van der Waals surface area contributed by atoms with E-state index in [1.807, 2.05) is 12.1 Å². The van der Waals surface area contributed by atoms with E-state index in [0.29, 0.717) is 6.42 Å². The smallest absolute Gasteiger partial charge is 0.0739 e. The summed E-state index contributed by atoms with van der Waals surface area (Å²) >= 11 is 0. The van der Waals surface area contributed by atoms with E-state index in [9.17, 15) is 5.11 Å². The Morgan fingerprint density at radius 3 is 2.27 bits per heavy atom. The zero-order valence-electron chi connectivity index (χ0n) is 15.8. The van der Waals surface area contributed by atoms with Crippen LogP contribution >= 0.6 is 0 Å². The van der Waals surface area contributed by atoms with Crippen molar-refractivity contribution >= 4 is 11.4 Å². The number of benzene rings is 2. The van der Waals surface area contributed by atoms with Gasteiger partial charge in [0.05, 0.1) is 6.10 Å². The molecule has 0 radical (unpaired) electrons. The van der Waals surface area contributed by atoms with Crippen LogP contribution in [0.1, 0.15) is 22.3 Å². The lowest BCUT2D eigenvalue weighted by molar-refractivity contribution is 0.0396. The number of anilines is 2. The normalized spacial score (nSPS) is 23.7. The summed E-state index contributed by atoms with van der Waals surface area (Å²) in [5, 5.41) is 10.7. The highest BCUT2D eigenvalue weighted by molar-refractivity contribution is 5.59. The number of hydrogen-bond donors (Lipinski definition) is 2. The Bertz CT molecular complexity index is 776. The van der Waals surface area contributed by atoms with Gasteiger partial charge in [0.15, 0.2) is 0 Å². The molecule has 4 rings (SSSR count). The van der Waals surface area contributed by atoms with Gasteiger partial charge in [0.25, 0.3) is 0 Å². The second-order valence-corrected chi connectivity index (χ2v) is 7.79. The van der Waals surface area contributed by atoms with Crippen LogP contribution < -0.4 is 10.6 Å². The number of rotatable bonds is 2. The molecule has 26 heavy (non-hydrogen) atoms. The van der Waals surface area contributed by atoms with Crippen LogP contribution in [-0.2, 0) is 12.8 Å². The molecule has 0 amide bonds. The van der Waals surface area contributed by atoms with Crippen molar-refractivity contribution in [2.24, 2.45) is 0 Å². The van der Waals surface area contributed by atoms with Crippen molar-refractivity contribution in [3.8, 4) is 0 Å². The van der Waals surface area contributed by atoms with E-state index >= 15 is 0 Å². The first-order valence-electron chi connectivity index (χ1n) is 9.64. The first-order valence-corrected chi connectivity index (χ1v) is 9.64. The fourth-order valence-corrected chi connectivity index (χ4v) is 4.76. The van der Waals surface area contributed by atoms with Crippen LogP contribution in [0.4, 0.5) is 11.4 Å². The van der Waals surface area contributed by atoms with Gasteiger partial charge in [-0.15, -0.1) is 0 Å². The standard InChI is InChI=1S/C22H29N3O/c1-15-5-3-6-16(2)22(15)25-11-9-24(10-12-25)20-14-18-17(13-21(20)26)7-4-8-19(18)23/h3-8,20-21,26H,9-14,23H2,1-2H3. The SMILES string of the molecule is Cc1cccc(C)c1N1CCN(C2Cc3c(N)cccc3CC2O)CC1. The van der Waals surface area contributed by atoms with E-state index in [4.69, 9.17) is 5.73 Å². The Kier molecular flexibility index (Phi) is 4.63. The molecule has 0 aromatic heterocycles. The fraction of sp³-hybridized carbons (Fsp3) is 0.455. The van der Waals surface area contributed by atoms with Gasteiger partial charge in [0.2, 0.25) is 0 Å². The van der Waals surface area contributed by atoms with Crippen molar-refractivity contribution in [2.75, 3.05) is 36.8 Å². The molecule has 1 fully saturated rings. The lowest BCUT2D eigenvalue weighted by Gasteiger charge is -2.44. The first-order chi connectivity index (χ1) is 12.5. The van der Waals surface area contributed by atoms with Crippen LogP contribution in [0.2, 0.25) is 0 Å². The van der Waals surface area contributed by atoms with E-state index in [-0.39, 0.29) is 12.1 Å². The molecule has 2 aliphatic rings. The maximum absolute atomic E-state index is 10.7. The predicted molar refractivity (Wildman–Crippen MR) is 108 cm³/mol. The number of nitrogens with zero attached hydrogens (tertiary/aromatic N) is 2. The van der Waals surface area contributed by atoms with E-state index < -0.39 is 0 Å². The Morgan fingerprint density at radius 1 is 0.923 bits per heavy atom. The van der Waals surface area contributed by atoms with Gasteiger partial charge in [0.1, 0.15) is 0 Å². The molecule has 4 heteroatoms. The van der Waals surface area contributed by atoms with Crippen LogP contribution in [0.15, 0.2) is 36.4 Å². The van der Waals surface area contributed by atoms with Crippen LogP contribution in [0.25, 0.3) is 0 Å². The highest BCUT2D eigenvalue weighted by Crippen LogP contribution is 2.31. The van der Waals surface area contributed by atoms with Crippen LogP contribution in [-0.4, -0.2) is 48.3 Å². The molecule has 0 spiro atoms. The first kappa shape index (κ1) is 17.4. The third-order valence-corrected chi connectivity index (χ3v) is 6.13. The summed E-state index contributed by atoms with van der Waals surface area (Å²) < 4.78 is 0. The lowest BCUT2D eigenvalue weighted by Crippen LogP contribution is -2.56. The molecular weight excluding hydrogens is 322 g/mol. The summed E-state index contributed by atoms with van der Waals surface area (Å²) in [6.07, 6.45) is 1.25. The Morgan fingerprint density at radius 2 is 1.58 bits per heavy atom. The van der Waals surface area contributed by atoms with Crippen molar-refractivity contribution in [1.82, 2.24) is 4.90 Å².